The molecule has 0 N–H and O–H groups in total. The molecule has 0 bridgehead atoms. The minimum atomic E-state index is -3.59. The van der Waals surface area contributed by atoms with Gasteiger partial charge in [0.05, 0.1) is 11.3 Å². The molecule has 0 spiro atoms. The second-order valence-electron chi connectivity index (χ2n) is 4.19. The molecule has 1 aromatic rings. The van der Waals surface area contributed by atoms with Crippen molar-refractivity contribution in [2.24, 2.45) is 5.92 Å². The molecule has 0 saturated heterocycles. The average molecular weight is 254 g/mol. The molecule has 1 aliphatic rings. The summed E-state index contributed by atoms with van der Waals surface area (Å²) < 4.78 is 27.8. The van der Waals surface area contributed by atoms with Crippen LogP contribution in [0, 0.1) is 5.92 Å². The number of hydrogen-bond acceptors (Lipinski definition) is 4. The van der Waals surface area contributed by atoms with Gasteiger partial charge in [0.25, 0.3) is 0 Å². The number of benzene rings is 1. The first-order valence-electron chi connectivity index (χ1n) is 5.53. The molecule has 1 aliphatic carbocycles. The summed E-state index contributed by atoms with van der Waals surface area (Å²) in [5.74, 6) is -0.0832. The largest absolute Gasteiger partial charge is 0.382 e. The zero-order valence-corrected chi connectivity index (χ0v) is 10.6. The first-order chi connectivity index (χ1) is 7.94. The fraction of sp³-hybridized carbons (Fsp3) is 0.417. The van der Waals surface area contributed by atoms with E-state index in [9.17, 15) is 13.2 Å². The highest BCUT2D eigenvalue weighted by Gasteiger charge is 2.31. The van der Waals surface area contributed by atoms with Crippen LogP contribution in [0.5, 0.6) is 5.75 Å². The fourth-order valence-corrected chi connectivity index (χ4v) is 2.49. The van der Waals surface area contributed by atoms with Crippen molar-refractivity contribution in [2.75, 3.05) is 5.75 Å². The van der Waals surface area contributed by atoms with Crippen LogP contribution in [0.1, 0.15) is 29.8 Å². The molecule has 92 valence electrons. The maximum absolute atomic E-state index is 11.9. The van der Waals surface area contributed by atoms with Crippen LogP contribution in [-0.2, 0) is 16.5 Å². The summed E-state index contributed by atoms with van der Waals surface area (Å²) in [7, 11) is -3.59. The van der Waals surface area contributed by atoms with Gasteiger partial charge in [-0.1, -0.05) is 19.1 Å². The minimum absolute atomic E-state index is 0.0399. The minimum Gasteiger partial charge on any atom is -0.382 e. The van der Waals surface area contributed by atoms with Crippen LogP contribution < -0.4 is 4.18 Å². The molecule has 1 aromatic carbocycles. The van der Waals surface area contributed by atoms with E-state index < -0.39 is 10.1 Å². The van der Waals surface area contributed by atoms with Crippen molar-refractivity contribution in [2.45, 2.75) is 20.3 Å². The summed E-state index contributed by atoms with van der Waals surface area (Å²) in [6.45, 7) is 3.34. The Morgan fingerprint density at radius 2 is 2.12 bits per heavy atom. The standard InChI is InChI=1S/C12H14O4S/c1-3-17(14,15)16-10-6-4-5-9-7-8(2)12(13)11(9)10/h4-6,8H,3,7H2,1-2H3. The third-order valence-corrected chi connectivity index (χ3v) is 4.04. The smallest absolute Gasteiger partial charge is 0.308 e. The van der Waals surface area contributed by atoms with Crippen LogP contribution in [0.25, 0.3) is 0 Å². The van der Waals surface area contributed by atoms with Crippen LogP contribution in [0.4, 0.5) is 0 Å². The monoisotopic (exact) mass is 254 g/mol. The Hall–Kier alpha value is -1.36. The fourth-order valence-electron chi connectivity index (χ4n) is 1.96. The summed E-state index contributed by atoms with van der Waals surface area (Å²) in [6, 6.07) is 5.08. The van der Waals surface area contributed by atoms with E-state index in [1.807, 2.05) is 13.0 Å². The highest BCUT2D eigenvalue weighted by atomic mass is 32.2. The predicted molar refractivity (Wildman–Crippen MR) is 63.7 cm³/mol. The molecule has 0 heterocycles. The zero-order chi connectivity index (χ0) is 12.6. The Morgan fingerprint density at radius 1 is 1.41 bits per heavy atom. The Balaban J connectivity index is 2.46. The predicted octanol–water partition coefficient (Wildman–Crippen LogP) is 1.79. The third kappa shape index (κ3) is 2.20. The molecule has 1 atom stereocenters. The van der Waals surface area contributed by atoms with E-state index in [0.29, 0.717) is 12.0 Å². The number of Topliss-reactive ketones (excluding diaryl/α,β-unsaturated/α-hetero) is 1. The number of hydrogen-bond donors (Lipinski definition) is 0. The lowest BCUT2D eigenvalue weighted by molar-refractivity contribution is 0.0945. The number of ketones is 1. The van der Waals surface area contributed by atoms with E-state index in [0.717, 1.165) is 5.56 Å². The molecule has 17 heavy (non-hydrogen) atoms. The van der Waals surface area contributed by atoms with Crippen LogP contribution in [0.3, 0.4) is 0 Å². The van der Waals surface area contributed by atoms with E-state index in [-0.39, 0.29) is 23.2 Å². The SMILES string of the molecule is CCS(=O)(=O)Oc1cccc2c1C(=O)C(C)C2. The molecule has 4 nitrogen and oxygen atoms in total. The second kappa shape index (κ2) is 4.14. The van der Waals surface area contributed by atoms with E-state index in [1.54, 1.807) is 6.07 Å². The lowest BCUT2D eigenvalue weighted by Crippen LogP contribution is -2.14. The van der Waals surface area contributed by atoms with Gasteiger partial charge >= 0.3 is 10.1 Å². The highest BCUT2D eigenvalue weighted by molar-refractivity contribution is 7.87. The lowest BCUT2D eigenvalue weighted by atomic mass is 10.1. The summed E-state index contributed by atoms with van der Waals surface area (Å²) >= 11 is 0. The molecule has 0 aliphatic heterocycles. The maximum atomic E-state index is 11.9. The Kier molecular flexibility index (Phi) is 2.95. The number of fused-ring (bicyclic) bond motifs is 1. The quantitative estimate of drug-likeness (QED) is 0.771. The third-order valence-electron chi connectivity index (χ3n) is 2.90. The van der Waals surface area contributed by atoms with Gasteiger partial charge in [0.15, 0.2) is 11.5 Å². The van der Waals surface area contributed by atoms with Crippen LogP contribution in [0.2, 0.25) is 0 Å². The molecule has 5 heteroatoms. The van der Waals surface area contributed by atoms with E-state index in [1.165, 1.54) is 13.0 Å². The van der Waals surface area contributed by atoms with Gasteiger partial charge in [0, 0.05) is 5.92 Å². The first kappa shape index (κ1) is 12.1. The Morgan fingerprint density at radius 3 is 2.76 bits per heavy atom. The molecule has 0 radical (unpaired) electrons. The van der Waals surface area contributed by atoms with Crippen molar-refractivity contribution in [3.05, 3.63) is 29.3 Å². The van der Waals surface area contributed by atoms with Gasteiger partial charge in [0.1, 0.15) is 0 Å². The number of carbonyl (C=O) groups excluding carboxylic acids is 1. The lowest BCUT2D eigenvalue weighted by Gasteiger charge is -2.08. The van der Waals surface area contributed by atoms with Gasteiger partial charge in [-0.15, -0.1) is 0 Å². The summed E-state index contributed by atoms with van der Waals surface area (Å²) in [6.07, 6.45) is 0.650. The first-order valence-corrected chi connectivity index (χ1v) is 7.10. The maximum Gasteiger partial charge on any atom is 0.308 e. The van der Waals surface area contributed by atoms with Crippen molar-refractivity contribution in [1.29, 1.82) is 0 Å². The topological polar surface area (TPSA) is 60.4 Å². The van der Waals surface area contributed by atoms with Crippen molar-refractivity contribution in [3.63, 3.8) is 0 Å². The van der Waals surface area contributed by atoms with Gasteiger partial charge < -0.3 is 4.18 Å². The average Bonchev–Trinajstić information content (AvgIpc) is 2.56. The van der Waals surface area contributed by atoms with Crippen LogP contribution in [0.15, 0.2) is 18.2 Å². The highest BCUT2D eigenvalue weighted by Crippen LogP contribution is 2.34. The molecule has 0 saturated carbocycles. The summed E-state index contributed by atoms with van der Waals surface area (Å²) in [5, 5.41) is 0. The van der Waals surface area contributed by atoms with Gasteiger partial charge in [-0.2, -0.15) is 8.42 Å². The Bertz CT molecular complexity index is 560. The van der Waals surface area contributed by atoms with Crippen LogP contribution >= 0.6 is 0 Å². The zero-order valence-electron chi connectivity index (χ0n) is 9.76. The molecule has 0 amide bonds. The normalized spacial score (nSPS) is 19.2. The van der Waals surface area contributed by atoms with E-state index in [2.05, 4.69) is 0 Å². The summed E-state index contributed by atoms with van der Waals surface area (Å²) in [4.78, 5) is 11.9. The molecule has 0 fully saturated rings. The molecule has 2 rings (SSSR count). The second-order valence-corrected chi connectivity index (χ2v) is 6.05. The summed E-state index contributed by atoms with van der Waals surface area (Å²) in [5.41, 5.74) is 1.29. The molecule has 0 aromatic heterocycles. The van der Waals surface area contributed by atoms with E-state index in [4.69, 9.17) is 4.18 Å². The Labute approximate surface area is 101 Å². The van der Waals surface area contributed by atoms with E-state index >= 15 is 0 Å². The molecular weight excluding hydrogens is 240 g/mol. The van der Waals surface area contributed by atoms with Gasteiger partial charge in [-0.3, -0.25) is 4.79 Å². The molecule has 1 unspecified atom stereocenters. The van der Waals surface area contributed by atoms with Gasteiger partial charge in [-0.25, -0.2) is 0 Å². The van der Waals surface area contributed by atoms with Crippen molar-refractivity contribution >= 4 is 15.9 Å². The number of carbonyl (C=O) groups is 1. The van der Waals surface area contributed by atoms with Crippen LogP contribution in [-0.4, -0.2) is 20.0 Å². The van der Waals surface area contributed by atoms with Gasteiger partial charge in [-0.05, 0) is 25.0 Å². The number of rotatable bonds is 3. The molecular formula is C12H14O4S. The van der Waals surface area contributed by atoms with Crippen molar-refractivity contribution < 1.29 is 17.4 Å². The van der Waals surface area contributed by atoms with Crippen molar-refractivity contribution in [3.8, 4) is 5.75 Å². The van der Waals surface area contributed by atoms with Crippen molar-refractivity contribution in [1.82, 2.24) is 0 Å². The van der Waals surface area contributed by atoms with Gasteiger partial charge in [0.2, 0.25) is 0 Å².